The van der Waals surface area contributed by atoms with Crippen molar-refractivity contribution in [3.8, 4) is 5.75 Å². The van der Waals surface area contributed by atoms with Crippen LogP contribution in [0.4, 0.5) is 26.7 Å². The van der Waals surface area contributed by atoms with E-state index in [0.717, 1.165) is 31.4 Å². The fraction of sp³-hybridized carbons (Fsp3) is 0.655. The third-order valence-electron chi connectivity index (χ3n) is 8.17. The lowest BCUT2D eigenvalue weighted by Crippen LogP contribution is -2.58. The van der Waals surface area contributed by atoms with Crippen molar-refractivity contribution in [3.63, 3.8) is 0 Å². The smallest absolute Gasteiger partial charge is 0.408 e. The summed E-state index contributed by atoms with van der Waals surface area (Å²) in [6.07, 6.45) is 2.39. The molecule has 4 atom stereocenters. The summed E-state index contributed by atoms with van der Waals surface area (Å²) in [5.74, 6) is -13.1. The second kappa shape index (κ2) is 13.0. The number of nitrogens with one attached hydrogen (secondary N) is 1. The van der Waals surface area contributed by atoms with Gasteiger partial charge in [0.2, 0.25) is 34.8 Å². The zero-order chi connectivity index (χ0) is 32.6. The molecule has 2 aliphatic carbocycles. The highest BCUT2D eigenvalue weighted by Gasteiger charge is 2.50. The number of aryl methyl sites for hydroxylation is 1. The summed E-state index contributed by atoms with van der Waals surface area (Å²) in [5.41, 5.74) is 6.00. The summed E-state index contributed by atoms with van der Waals surface area (Å²) in [6, 6.07) is 0.240. The maximum atomic E-state index is 13.8. The highest BCUT2D eigenvalue weighted by Crippen LogP contribution is 2.53. The van der Waals surface area contributed by atoms with Crippen molar-refractivity contribution in [1.29, 1.82) is 0 Å². The molecule has 0 spiro atoms. The maximum absolute atomic E-state index is 13.8. The van der Waals surface area contributed by atoms with E-state index in [2.05, 4.69) is 34.2 Å². The van der Waals surface area contributed by atoms with Gasteiger partial charge in [-0.25, -0.2) is 22.6 Å². The zero-order valence-corrected chi connectivity index (χ0v) is 25.3. The largest absolute Gasteiger partial charge is 0.449 e. The van der Waals surface area contributed by atoms with E-state index >= 15 is 0 Å². The molecule has 0 bridgehead atoms. The number of carbonyl (C=O) groups excluding carboxylic acids is 2. The van der Waals surface area contributed by atoms with E-state index in [0.29, 0.717) is 11.8 Å². The number of nitrogens with zero attached hydrogens (tertiary/aromatic N) is 3. The Bertz CT molecular complexity index is 1370. The van der Waals surface area contributed by atoms with Crippen molar-refractivity contribution >= 4 is 12.1 Å². The molecule has 2 aliphatic rings. The van der Waals surface area contributed by atoms with Crippen molar-refractivity contribution < 1.29 is 45.8 Å². The van der Waals surface area contributed by atoms with Gasteiger partial charge in [0.15, 0.2) is 0 Å². The highest BCUT2D eigenvalue weighted by atomic mass is 19.2. The highest BCUT2D eigenvalue weighted by molar-refractivity contribution is 5.72. The van der Waals surface area contributed by atoms with E-state index in [1.807, 2.05) is 4.68 Å². The van der Waals surface area contributed by atoms with E-state index in [4.69, 9.17) is 15.2 Å². The van der Waals surface area contributed by atoms with Gasteiger partial charge >= 0.3 is 12.1 Å². The third kappa shape index (κ3) is 7.65. The number of benzene rings is 1. The number of rotatable bonds is 11. The number of hydrogen-bond acceptors (Lipinski definition) is 8. The minimum atomic E-state index is -2.36. The van der Waals surface area contributed by atoms with Crippen LogP contribution in [0.2, 0.25) is 0 Å². The Hall–Kier alpha value is -3.33. The van der Waals surface area contributed by atoms with Crippen LogP contribution in [0.15, 0.2) is 0 Å². The summed E-state index contributed by atoms with van der Waals surface area (Å²) in [7, 11) is 0. The van der Waals surface area contributed by atoms with Gasteiger partial charge < -0.3 is 25.3 Å². The molecule has 1 amide bonds. The van der Waals surface area contributed by atoms with Crippen molar-refractivity contribution in [3.05, 3.63) is 40.5 Å². The Morgan fingerprint density at radius 1 is 1.00 bits per heavy atom. The number of esters is 1. The number of halogens is 5. The summed E-state index contributed by atoms with van der Waals surface area (Å²) in [5, 5.41) is 11.2. The lowest BCUT2D eigenvalue weighted by Gasteiger charge is -2.32. The number of amides is 1. The Labute approximate surface area is 251 Å². The molecule has 4 rings (SSSR count). The number of carbonyl (C=O) groups is 2. The molecule has 244 valence electrons. The molecule has 1 saturated carbocycles. The molecule has 10 nitrogen and oxygen atoms in total. The van der Waals surface area contributed by atoms with Crippen LogP contribution >= 0.6 is 0 Å². The first-order chi connectivity index (χ1) is 20.5. The molecule has 0 saturated heterocycles. The fourth-order valence-corrected chi connectivity index (χ4v) is 5.59. The second-order valence-electron chi connectivity index (χ2n) is 12.7. The van der Waals surface area contributed by atoms with Crippen molar-refractivity contribution in [2.75, 3.05) is 13.2 Å². The first-order valence-corrected chi connectivity index (χ1v) is 14.5. The van der Waals surface area contributed by atoms with Crippen LogP contribution in [0.5, 0.6) is 5.75 Å². The predicted molar refractivity (Wildman–Crippen MR) is 146 cm³/mol. The molecular formula is C29H38F5N5O5. The predicted octanol–water partition coefficient (Wildman–Crippen LogP) is 4.88. The fourth-order valence-electron chi connectivity index (χ4n) is 5.59. The van der Waals surface area contributed by atoms with Gasteiger partial charge in [-0.05, 0) is 84.5 Å². The number of nitrogens with two attached hydrogens (primary N) is 1. The van der Waals surface area contributed by atoms with Crippen molar-refractivity contribution in [2.24, 2.45) is 23.5 Å². The molecule has 15 heteroatoms. The molecule has 1 aromatic heterocycles. The SMILES string of the molecule is CC(C)n1nnc2c1CCC1C(CC2)C1COC(=O)NC(C)(N)COC(C)(C)CCC(=O)Oc1c(F)c(F)c(F)c(F)c1F. The average Bonchev–Trinajstić information content (AvgIpc) is 3.44. The topological polar surface area (TPSA) is 131 Å². The van der Waals surface area contributed by atoms with Crippen LogP contribution in [0.3, 0.4) is 0 Å². The van der Waals surface area contributed by atoms with Crippen LogP contribution in [-0.4, -0.2) is 51.5 Å². The van der Waals surface area contributed by atoms with E-state index in [1.165, 1.54) is 12.6 Å². The van der Waals surface area contributed by atoms with Gasteiger partial charge in [0, 0.05) is 12.5 Å². The summed E-state index contributed by atoms with van der Waals surface area (Å²) in [4.78, 5) is 24.6. The van der Waals surface area contributed by atoms with E-state index in [9.17, 15) is 31.5 Å². The molecule has 4 unspecified atom stereocenters. The molecule has 2 aromatic rings. The molecule has 0 aliphatic heterocycles. The molecule has 0 radical (unpaired) electrons. The Morgan fingerprint density at radius 3 is 2.20 bits per heavy atom. The van der Waals surface area contributed by atoms with E-state index < -0.39 is 64.6 Å². The third-order valence-corrected chi connectivity index (χ3v) is 8.17. The quantitative estimate of drug-likeness (QED) is 0.0897. The standard InChI is InChI=1S/C29H38F5N5O5/c1-14(2)39-19-9-7-16-15(6-8-18(19)37-38-39)17(16)12-42-27(41)36-29(5,35)13-43-28(3,4)11-10-20(40)44-26-24(33)22(31)21(30)23(32)25(26)34/h14-17H,6-13,35H2,1-5H3,(H,36,41). The van der Waals surface area contributed by atoms with E-state index in [1.54, 1.807) is 13.8 Å². The van der Waals surface area contributed by atoms with Gasteiger partial charge in [0.1, 0.15) is 5.66 Å². The summed E-state index contributed by atoms with van der Waals surface area (Å²) < 4.78 is 85.2. The normalized spacial score (nSPS) is 21.0. The minimum Gasteiger partial charge on any atom is -0.449 e. The number of fused-ring (bicyclic) bond motifs is 2. The van der Waals surface area contributed by atoms with E-state index in [-0.39, 0.29) is 31.6 Å². The van der Waals surface area contributed by atoms with Crippen LogP contribution in [0.1, 0.15) is 77.7 Å². The lowest BCUT2D eigenvalue weighted by molar-refractivity contribution is -0.137. The van der Waals surface area contributed by atoms with Crippen LogP contribution in [0, 0.1) is 46.8 Å². The molecule has 44 heavy (non-hydrogen) atoms. The number of aromatic nitrogens is 3. The zero-order valence-electron chi connectivity index (χ0n) is 25.3. The van der Waals surface area contributed by atoms with Crippen LogP contribution in [0.25, 0.3) is 0 Å². The van der Waals surface area contributed by atoms with Crippen molar-refractivity contribution in [1.82, 2.24) is 20.3 Å². The number of hydrogen-bond donors (Lipinski definition) is 2. The van der Waals surface area contributed by atoms with Gasteiger partial charge in [0.25, 0.3) is 0 Å². The van der Waals surface area contributed by atoms with Crippen LogP contribution < -0.4 is 15.8 Å². The Kier molecular flexibility index (Phi) is 9.88. The molecule has 3 N–H and O–H groups in total. The van der Waals surface area contributed by atoms with Crippen molar-refractivity contribution in [2.45, 2.75) is 90.4 Å². The minimum absolute atomic E-state index is 0.0686. The Balaban J connectivity index is 1.19. The average molecular weight is 632 g/mol. The van der Waals surface area contributed by atoms with Crippen LogP contribution in [-0.2, 0) is 27.1 Å². The second-order valence-corrected chi connectivity index (χ2v) is 12.7. The maximum Gasteiger partial charge on any atom is 0.408 e. The summed E-state index contributed by atoms with van der Waals surface area (Å²) in [6.45, 7) is 8.89. The monoisotopic (exact) mass is 631 g/mol. The Morgan fingerprint density at radius 2 is 1.59 bits per heavy atom. The molecular weight excluding hydrogens is 593 g/mol. The van der Waals surface area contributed by atoms with Gasteiger partial charge in [-0.3, -0.25) is 4.79 Å². The first kappa shape index (κ1) is 33.6. The van der Waals surface area contributed by atoms with Gasteiger partial charge in [0.05, 0.1) is 30.2 Å². The molecule has 1 heterocycles. The lowest BCUT2D eigenvalue weighted by atomic mass is 10.0. The van der Waals surface area contributed by atoms with Gasteiger partial charge in [-0.2, -0.15) is 8.78 Å². The van der Waals surface area contributed by atoms with Gasteiger partial charge in [-0.1, -0.05) is 5.21 Å². The van der Waals surface area contributed by atoms with Gasteiger partial charge in [-0.15, -0.1) is 5.10 Å². The first-order valence-electron chi connectivity index (χ1n) is 14.5. The molecule has 1 fully saturated rings. The summed E-state index contributed by atoms with van der Waals surface area (Å²) >= 11 is 0. The number of ether oxygens (including phenoxy) is 3. The molecule has 1 aromatic carbocycles. The number of alkyl carbamates (subject to hydrolysis) is 1.